The van der Waals surface area contributed by atoms with Crippen molar-refractivity contribution in [1.29, 1.82) is 0 Å². The van der Waals surface area contributed by atoms with Crippen LogP contribution in [0.3, 0.4) is 0 Å². The maximum absolute atomic E-state index is 11.8. The van der Waals surface area contributed by atoms with Gasteiger partial charge in [-0.3, -0.25) is 4.57 Å². The minimum atomic E-state index is -4.10. The van der Waals surface area contributed by atoms with Crippen molar-refractivity contribution in [2.24, 2.45) is 0 Å². The Hall–Kier alpha value is -0.980. The van der Waals surface area contributed by atoms with Gasteiger partial charge < -0.3 is 9.79 Å². The quantitative estimate of drug-likeness (QED) is 0.746. The first-order valence-corrected chi connectivity index (χ1v) is 11.0. The molecule has 0 spiro atoms. The van der Waals surface area contributed by atoms with Crippen molar-refractivity contribution in [2.45, 2.75) is 31.8 Å². The summed E-state index contributed by atoms with van der Waals surface area (Å²) in [5.41, 5.74) is 0. The predicted octanol–water partition coefficient (Wildman–Crippen LogP) is 3.86. The molecule has 0 saturated heterocycles. The molecule has 0 aliphatic rings. The van der Waals surface area contributed by atoms with Gasteiger partial charge in [0.15, 0.2) is 0 Å². The van der Waals surface area contributed by atoms with Gasteiger partial charge in [-0.05, 0) is 31.4 Å². The highest BCUT2D eigenvalue weighted by molar-refractivity contribution is 7.75. The molecule has 0 fully saturated rings. The van der Waals surface area contributed by atoms with E-state index in [1.807, 2.05) is 50.2 Å². The highest BCUT2D eigenvalue weighted by Crippen LogP contribution is 2.57. The van der Waals surface area contributed by atoms with Crippen LogP contribution in [0.2, 0.25) is 0 Å². The van der Waals surface area contributed by atoms with Crippen LogP contribution in [-0.4, -0.2) is 21.1 Å². The zero-order chi connectivity index (χ0) is 16.9. The molecule has 0 heterocycles. The second-order valence-corrected chi connectivity index (χ2v) is 10.1. The molecule has 3 nitrogen and oxygen atoms in total. The van der Waals surface area contributed by atoms with E-state index in [0.29, 0.717) is 0 Å². The highest BCUT2D eigenvalue weighted by atomic mass is 31.2. The zero-order valence-electron chi connectivity index (χ0n) is 13.6. The second kappa shape index (κ2) is 7.73. The molecule has 0 bridgehead atoms. The lowest BCUT2D eigenvalue weighted by Gasteiger charge is -2.41. The van der Waals surface area contributed by atoms with Gasteiger partial charge >= 0.3 is 7.60 Å². The molecule has 0 aromatic heterocycles. The Morgan fingerprint density at radius 2 is 1.26 bits per heavy atom. The molecule has 2 rings (SSSR count). The standard InChI is InChI=1S/C18H24O3P2/c1-3-18(4-2,15-23(19,20)21)22(16-11-7-5-8-12-16)17-13-9-6-10-14-17/h5-14H,3-4,15H2,1-2H3,(H2,19,20,21). The molecule has 0 aliphatic carbocycles. The molecule has 0 radical (unpaired) electrons. The highest BCUT2D eigenvalue weighted by Gasteiger charge is 2.42. The third-order valence-corrected chi connectivity index (χ3v) is 8.95. The van der Waals surface area contributed by atoms with Crippen LogP contribution in [-0.2, 0) is 4.57 Å². The van der Waals surface area contributed by atoms with Crippen LogP contribution in [0.1, 0.15) is 26.7 Å². The molecular weight excluding hydrogens is 326 g/mol. The van der Waals surface area contributed by atoms with E-state index in [9.17, 15) is 14.4 Å². The Kier molecular flexibility index (Phi) is 6.17. The van der Waals surface area contributed by atoms with E-state index in [-0.39, 0.29) is 6.16 Å². The summed E-state index contributed by atoms with van der Waals surface area (Å²) >= 11 is 0. The summed E-state index contributed by atoms with van der Waals surface area (Å²) in [5.74, 6) is 0. The fourth-order valence-corrected chi connectivity index (χ4v) is 8.39. The maximum atomic E-state index is 11.8. The fourth-order valence-electron chi connectivity index (χ4n) is 3.09. The first kappa shape index (κ1) is 18.4. The van der Waals surface area contributed by atoms with E-state index in [2.05, 4.69) is 24.3 Å². The van der Waals surface area contributed by atoms with Crippen molar-refractivity contribution in [2.75, 3.05) is 6.16 Å². The third kappa shape index (κ3) is 4.52. The van der Waals surface area contributed by atoms with Gasteiger partial charge in [0.25, 0.3) is 0 Å². The van der Waals surface area contributed by atoms with Crippen molar-refractivity contribution in [3.63, 3.8) is 0 Å². The molecule has 2 N–H and O–H groups in total. The minimum absolute atomic E-state index is 0.0670. The molecule has 0 aliphatic heterocycles. The Morgan fingerprint density at radius 3 is 1.57 bits per heavy atom. The van der Waals surface area contributed by atoms with Gasteiger partial charge in [0.1, 0.15) is 0 Å². The first-order chi connectivity index (χ1) is 10.9. The maximum Gasteiger partial charge on any atom is 0.326 e. The van der Waals surface area contributed by atoms with Gasteiger partial charge in [0, 0.05) is 5.16 Å². The van der Waals surface area contributed by atoms with Crippen molar-refractivity contribution >= 4 is 26.1 Å². The molecule has 0 saturated carbocycles. The normalized spacial score (nSPS) is 12.6. The lowest BCUT2D eigenvalue weighted by atomic mass is 10.1. The van der Waals surface area contributed by atoms with Gasteiger partial charge in [0.05, 0.1) is 6.16 Å². The molecular formula is C18H24O3P2. The summed E-state index contributed by atoms with van der Waals surface area (Å²) in [6, 6.07) is 20.3. The lowest BCUT2D eigenvalue weighted by molar-refractivity contribution is 0.362. The van der Waals surface area contributed by atoms with Crippen LogP contribution in [0, 0.1) is 0 Å². The average Bonchev–Trinajstić information content (AvgIpc) is 2.55. The Bertz CT molecular complexity index is 609. The summed E-state index contributed by atoms with van der Waals surface area (Å²) in [6.07, 6.45) is 1.41. The van der Waals surface area contributed by atoms with E-state index in [1.165, 1.54) is 10.6 Å². The Labute approximate surface area is 139 Å². The van der Waals surface area contributed by atoms with Gasteiger partial charge in [-0.2, -0.15) is 0 Å². The van der Waals surface area contributed by atoms with E-state index >= 15 is 0 Å². The van der Waals surface area contributed by atoms with Crippen LogP contribution >= 0.6 is 15.5 Å². The summed E-state index contributed by atoms with van der Waals surface area (Å²) in [7, 11) is -4.95. The zero-order valence-corrected chi connectivity index (χ0v) is 15.4. The molecule has 0 amide bonds. The van der Waals surface area contributed by atoms with Crippen LogP contribution in [0.4, 0.5) is 0 Å². The molecule has 0 atom stereocenters. The number of hydrogen-bond acceptors (Lipinski definition) is 1. The molecule has 23 heavy (non-hydrogen) atoms. The van der Waals surface area contributed by atoms with Crippen LogP contribution in [0.25, 0.3) is 0 Å². The summed E-state index contributed by atoms with van der Waals surface area (Å²) in [4.78, 5) is 19.4. The van der Waals surface area contributed by atoms with Crippen molar-refractivity contribution < 1.29 is 14.4 Å². The predicted molar refractivity (Wildman–Crippen MR) is 99.3 cm³/mol. The van der Waals surface area contributed by atoms with Gasteiger partial charge in [-0.15, -0.1) is 0 Å². The van der Waals surface area contributed by atoms with E-state index in [1.54, 1.807) is 0 Å². The van der Waals surface area contributed by atoms with Crippen LogP contribution < -0.4 is 10.6 Å². The number of benzene rings is 2. The summed E-state index contributed by atoms with van der Waals surface area (Å²) in [5, 5.41) is 1.94. The third-order valence-electron chi connectivity index (χ3n) is 4.32. The number of rotatable bonds is 7. The molecule has 0 unspecified atom stereocenters. The average molecular weight is 350 g/mol. The van der Waals surface area contributed by atoms with Crippen LogP contribution in [0.5, 0.6) is 0 Å². The first-order valence-electron chi connectivity index (χ1n) is 7.87. The Balaban J connectivity index is 2.61. The number of hydrogen-bond donors (Lipinski definition) is 2. The molecule has 2 aromatic rings. The van der Waals surface area contributed by atoms with E-state index in [0.717, 1.165) is 12.8 Å². The van der Waals surface area contributed by atoms with Gasteiger partial charge in [-0.1, -0.05) is 74.5 Å². The fraction of sp³-hybridized carbons (Fsp3) is 0.333. The van der Waals surface area contributed by atoms with E-state index < -0.39 is 20.7 Å². The molecule has 124 valence electrons. The Morgan fingerprint density at radius 1 is 0.870 bits per heavy atom. The largest absolute Gasteiger partial charge is 0.326 e. The minimum Gasteiger partial charge on any atom is -0.324 e. The SMILES string of the molecule is CCC(CC)(CP(=O)(O)O)P(c1ccccc1)c1ccccc1. The topological polar surface area (TPSA) is 57.5 Å². The lowest BCUT2D eigenvalue weighted by Crippen LogP contribution is -2.37. The second-order valence-electron chi connectivity index (χ2n) is 5.76. The van der Waals surface area contributed by atoms with E-state index in [4.69, 9.17) is 0 Å². The van der Waals surface area contributed by atoms with Gasteiger partial charge in [0.2, 0.25) is 0 Å². The summed E-state index contributed by atoms with van der Waals surface area (Å²) < 4.78 is 11.8. The monoisotopic (exact) mass is 350 g/mol. The smallest absolute Gasteiger partial charge is 0.324 e. The van der Waals surface area contributed by atoms with Gasteiger partial charge in [-0.25, -0.2) is 0 Å². The van der Waals surface area contributed by atoms with Crippen LogP contribution in [0.15, 0.2) is 60.7 Å². The van der Waals surface area contributed by atoms with Crippen molar-refractivity contribution in [1.82, 2.24) is 0 Å². The van der Waals surface area contributed by atoms with Crippen molar-refractivity contribution in [3.05, 3.63) is 60.7 Å². The summed E-state index contributed by atoms with van der Waals surface area (Å²) in [6.45, 7) is 4.08. The molecule has 2 aromatic carbocycles. The van der Waals surface area contributed by atoms with Crippen molar-refractivity contribution in [3.8, 4) is 0 Å². The molecule has 5 heteroatoms.